The van der Waals surface area contributed by atoms with E-state index >= 15 is 0 Å². The van der Waals surface area contributed by atoms with Crippen molar-refractivity contribution in [3.8, 4) is 0 Å². The maximum absolute atomic E-state index is 11.5. The monoisotopic (exact) mass is 306 g/mol. The zero-order chi connectivity index (χ0) is 12.8. The fraction of sp³-hybridized carbons (Fsp3) is 0.769. The summed E-state index contributed by atoms with van der Waals surface area (Å²) in [7, 11) is 0. The molecule has 3 nitrogen and oxygen atoms in total. The van der Waals surface area contributed by atoms with Gasteiger partial charge in [0.1, 0.15) is 0 Å². The first-order chi connectivity index (χ1) is 7.40. The molecule has 4 heteroatoms. The number of hydrogen-bond acceptors (Lipinski definition) is 1. The molecule has 0 radical (unpaired) electrons. The predicted octanol–water partition coefficient (Wildman–Crippen LogP) is -1.05. The van der Waals surface area contributed by atoms with Crippen LogP contribution in [0.1, 0.15) is 34.6 Å². The van der Waals surface area contributed by atoms with Gasteiger partial charge in [0, 0.05) is 5.57 Å². The van der Waals surface area contributed by atoms with E-state index in [4.69, 9.17) is 0 Å². The van der Waals surface area contributed by atoms with Crippen LogP contribution in [0.15, 0.2) is 12.2 Å². The molecule has 0 fully saturated rings. The minimum absolute atomic E-state index is 0. The molecule has 0 aromatic rings. The van der Waals surface area contributed by atoms with Crippen LogP contribution in [0, 0.1) is 0 Å². The maximum Gasteiger partial charge on any atom is 0.246 e. The summed E-state index contributed by atoms with van der Waals surface area (Å²) in [6.07, 6.45) is 0. The van der Waals surface area contributed by atoms with Gasteiger partial charge in [-0.05, 0) is 34.6 Å². The fourth-order valence-electron chi connectivity index (χ4n) is 2.03. The lowest BCUT2D eigenvalue weighted by atomic mass is 10.2. The number of nitrogens with zero attached hydrogens (tertiary/aromatic N) is 1. The molecule has 0 aromatic carbocycles. The maximum atomic E-state index is 11.5. The SMILES string of the molecule is C=C(C)C(=O)NC(C)C[N+](CC)(CC)CC.[Br-]. The molecule has 102 valence electrons. The fourth-order valence-corrected chi connectivity index (χ4v) is 2.03. The molecule has 1 amide bonds. The third-order valence-electron chi connectivity index (χ3n) is 3.44. The van der Waals surface area contributed by atoms with Gasteiger partial charge in [-0.25, -0.2) is 0 Å². The zero-order valence-electron chi connectivity index (χ0n) is 11.8. The molecule has 0 rings (SSSR count). The molecule has 0 saturated carbocycles. The molecule has 0 bridgehead atoms. The Bertz CT molecular complexity index is 242. The summed E-state index contributed by atoms with van der Waals surface area (Å²) in [5.41, 5.74) is 0.578. The Kier molecular flexibility index (Phi) is 9.72. The van der Waals surface area contributed by atoms with Crippen molar-refractivity contribution in [2.75, 3.05) is 26.2 Å². The Hall–Kier alpha value is -0.350. The molecule has 1 atom stereocenters. The molecule has 0 spiro atoms. The first-order valence-corrected chi connectivity index (χ1v) is 6.22. The van der Waals surface area contributed by atoms with Gasteiger partial charge in [-0.15, -0.1) is 0 Å². The number of quaternary nitrogens is 1. The number of carbonyl (C=O) groups excluding carboxylic acids is 1. The third kappa shape index (κ3) is 6.22. The van der Waals surface area contributed by atoms with Crippen LogP contribution in [0.2, 0.25) is 0 Å². The van der Waals surface area contributed by atoms with Crippen molar-refractivity contribution in [1.29, 1.82) is 0 Å². The molecule has 1 N–H and O–H groups in total. The minimum Gasteiger partial charge on any atom is -1.00 e. The lowest BCUT2D eigenvalue weighted by Gasteiger charge is -2.38. The van der Waals surface area contributed by atoms with Crippen LogP contribution < -0.4 is 22.3 Å². The van der Waals surface area contributed by atoms with Crippen LogP contribution in [0.25, 0.3) is 0 Å². The van der Waals surface area contributed by atoms with Gasteiger partial charge in [-0.3, -0.25) is 4.79 Å². The van der Waals surface area contributed by atoms with E-state index in [-0.39, 0.29) is 28.9 Å². The largest absolute Gasteiger partial charge is 1.00 e. The average Bonchev–Trinajstić information content (AvgIpc) is 2.26. The van der Waals surface area contributed by atoms with Gasteiger partial charge in [-0.1, -0.05) is 6.58 Å². The Labute approximate surface area is 117 Å². The number of rotatable bonds is 7. The minimum atomic E-state index is -0.0334. The molecule has 0 aliphatic rings. The second-order valence-corrected chi connectivity index (χ2v) is 4.63. The smallest absolute Gasteiger partial charge is 0.246 e. The van der Waals surface area contributed by atoms with Gasteiger partial charge in [0.25, 0.3) is 0 Å². The van der Waals surface area contributed by atoms with E-state index in [1.165, 1.54) is 0 Å². The van der Waals surface area contributed by atoms with E-state index in [1.54, 1.807) is 6.92 Å². The van der Waals surface area contributed by atoms with Gasteiger partial charge >= 0.3 is 0 Å². The van der Waals surface area contributed by atoms with Crippen molar-refractivity contribution >= 4 is 5.91 Å². The number of likely N-dealkylation sites (N-methyl/N-ethyl adjacent to an activating group) is 1. The second-order valence-electron chi connectivity index (χ2n) is 4.63. The summed E-state index contributed by atoms with van der Waals surface area (Å²) < 4.78 is 1.05. The van der Waals surface area contributed by atoms with Gasteiger partial charge in [-0.2, -0.15) is 0 Å². The quantitative estimate of drug-likeness (QED) is 0.472. The Morgan fingerprint density at radius 1 is 1.24 bits per heavy atom. The lowest BCUT2D eigenvalue weighted by Crippen LogP contribution is -3.00. The molecule has 0 heterocycles. The Morgan fingerprint density at radius 2 is 1.65 bits per heavy atom. The highest BCUT2D eigenvalue weighted by atomic mass is 79.9. The summed E-state index contributed by atoms with van der Waals surface area (Å²) >= 11 is 0. The van der Waals surface area contributed by atoms with Gasteiger partial charge in [0.15, 0.2) is 0 Å². The van der Waals surface area contributed by atoms with Crippen molar-refractivity contribution in [2.45, 2.75) is 40.7 Å². The van der Waals surface area contributed by atoms with Crippen molar-refractivity contribution in [2.24, 2.45) is 0 Å². The molecule has 17 heavy (non-hydrogen) atoms. The summed E-state index contributed by atoms with van der Waals surface area (Å²) in [6.45, 7) is 18.4. The summed E-state index contributed by atoms with van der Waals surface area (Å²) in [4.78, 5) is 11.5. The van der Waals surface area contributed by atoms with Crippen molar-refractivity contribution < 1.29 is 26.3 Å². The predicted molar refractivity (Wildman–Crippen MR) is 69.2 cm³/mol. The first kappa shape index (κ1) is 19.0. The van der Waals surface area contributed by atoms with E-state index in [2.05, 4.69) is 39.6 Å². The highest BCUT2D eigenvalue weighted by Crippen LogP contribution is 2.07. The standard InChI is InChI=1S/C13H26N2O.BrH/c1-7-15(8-2,9-3)10-12(6)14-13(16)11(4)5;/h12H,4,7-10H2,1-3,5-6H3;1H. The van der Waals surface area contributed by atoms with Gasteiger partial charge < -0.3 is 26.8 Å². The molecular weight excluding hydrogens is 280 g/mol. The van der Waals surface area contributed by atoms with Crippen LogP contribution in [-0.4, -0.2) is 42.6 Å². The molecule has 0 aromatic heterocycles. The van der Waals surface area contributed by atoms with Crippen LogP contribution in [-0.2, 0) is 4.79 Å². The van der Waals surface area contributed by atoms with Gasteiger partial charge in [0.05, 0.1) is 32.2 Å². The van der Waals surface area contributed by atoms with E-state index < -0.39 is 0 Å². The van der Waals surface area contributed by atoms with Crippen molar-refractivity contribution in [3.63, 3.8) is 0 Å². The van der Waals surface area contributed by atoms with E-state index in [0.717, 1.165) is 30.7 Å². The summed E-state index contributed by atoms with van der Waals surface area (Å²) in [5.74, 6) is -0.0334. The summed E-state index contributed by atoms with van der Waals surface area (Å²) in [5, 5.41) is 2.98. The number of halogens is 1. The van der Waals surface area contributed by atoms with E-state index in [9.17, 15) is 4.79 Å². The van der Waals surface area contributed by atoms with Crippen LogP contribution in [0.4, 0.5) is 0 Å². The molecule has 1 unspecified atom stereocenters. The average molecular weight is 307 g/mol. The van der Waals surface area contributed by atoms with Crippen LogP contribution >= 0.6 is 0 Å². The third-order valence-corrected chi connectivity index (χ3v) is 3.44. The normalized spacial score (nSPS) is 12.5. The zero-order valence-corrected chi connectivity index (χ0v) is 13.4. The van der Waals surface area contributed by atoms with E-state index in [0.29, 0.717) is 5.57 Å². The van der Waals surface area contributed by atoms with E-state index in [1.807, 2.05) is 0 Å². The van der Waals surface area contributed by atoms with Crippen molar-refractivity contribution in [1.82, 2.24) is 5.32 Å². The number of hydrogen-bond donors (Lipinski definition) is 1. The second kappa shape index (κ2) is 8.70. The number of nitrogens with one attached hydrogen (secondary N) is 1. The summed E-state index contributed by atoms with van der Waals surface area (Å²) in [6, 6.07) is 0.198. The van der Waals surface area contributed by atoms with Gasteiger partial charge in [0.2, 0.25) is 5.91 Å². The molecule has 0 saturated heterocycles. The topological polar surface area (TPSA) is 29.1 Å². The van der Waals surface area contributed by atoms with Crippen LogP contribution in [0.5, 0.6) is 0 Å². The van der Waals surface area contributed by atoms with Crippen molar-refractivity contribution in [3.05, 3.63) is 12.2 Å². The Morgan fingerprint density at radius 3 is 1.94 bits per heavy atom. The first-order valence-electron chi connectivity index (χ1n) is 6.22. The highest BCUT2D eigenvalue weighted by molar-refractivity contribution is 5.92. The Balaban J connectivity index is 0. The molecule has 0 aliphatic heterocycles. The van der Waals surface area contributed by atoms with Crippen LogP contribution in [0.3, 0.4) is 0 Å². The highest BCUT2D eigenvalue weighted by Gasteiger charge is 2.24. The molecule has 0 aliphatic carbocycles. The lowest BCUT2D eigenvalue weighted by molar-refractivity contribution is -0.924. The number of amides is 1. The molecular formula is C13H27BrN2O. The number of carbonyl (C=O) groups is 1.